The third kappa shape index (κ3) is 4.29. The number of piperidine rings is 1. The predicted molar refractivity (Wildman–Crippen MR) is 123 cm³/mol. The first kappa shape index (κ1) is 20.5. The molecule has 0 N–H and O–H groups in total. The van der Waals surface area contributed by atoms with Crippen LogP contribution in [-0.4, -0.2) is 55.8 Å². The highest BCUT2D eigenvalue weighted by molar-refractivity contribution is 5.98. The summed E-state index contributed by atoms with van der Waals surface area (Å²) in [4.78, 5) is 24.5. The number of aromatic nitrogens is 5. The Balaban J connectivity index is 1.36. The van der Waals surface area contributed by atoms with Crippen LogP contribution in [0.3, 0.4) is 0 Å². The highest BCUT2D eigenvalue weighted by Crippen LogP contribution is 2.27. The molecule has 3 aromatic heterocycles. The molecular formula is C25H26N6O. The summed E-state index contributed by atoms with van der Waals surface area (Å²) in [5, 5.41) is 10.3. The summed E-state index contributed by atoms with van der Waals surface area (Å²) < 4.78 is 1.69. The van der Waals surface area contributed by atoms with E-state index in [1.165, 1.54) is 0 Å². The van der Waals surface area contributed by atoms with Gasteiger partial charge < -0.3 is 4.90 Å². The second-order valence-electron chi connectivity index (χ2n) is 8.66. The van der Waals surface area contributed by atoms with Crippen LogP contribution in [0.15, 0.2) is 55.0 Å². The normalized spacial score (nSPS) is 15.3. The lowest BCUT2D eigenvalue weighted by Crippen LogP contribution is -2.29. The van der Waals surface area contributed by atoms with Gasteiger partial charge in [-0.2, -0.15) is 0 Å². The minimum Gasteiger partial charge on any atom is -0.306 e. The van der Waals surface area contributed by atoms with E-state index >= 15 is 0 Å². The molecule has 0 spiro atoms. The maximum absolute atomic E-state index is 13.0. The van der Waals surface area contributed by atoms with Gasteiger partial charge in [-0.1, -0.05) is 17.3 Å². The molecular weight excluding hydrogens is 400 g/mol. The van der Waals surface area contributed by atoms with E-state index in [0.29, 0.717) is 11.5 Å². The fourth-order valence-electron chi connectivity index (χ4n) is 4.34. The zero-order valence-corrected chi connectivity index (χ0v) is 18.4. The third-order valence-corrected chi connectivity index (χ3v) is 6.26. The summed E-state index contributed by atoms with van der Waals surface area (Å²) >= 11 is 0. The number of likely N-dealkylation sites (tertiary alicyclic amines) is 1. The van der Waals surface area contributed by atoms with Crippen molar-refractivity contribution in [1.82, 2.24) is 29.9 Å². The van der Waals surface area contributed by atoms with E-state index in [4.69, 9.17) is 0 Å². The largest absolute Gasteiger partial charge is 0.306 e. The van der Waals surface area contributed by atoms with E-state index in [0.717, 1.165) is 59.3 Å². The van der Waals surface area contributed by atoms with Crippen LogP contribution < -0.4 is 0 Å². The molecule has 1 aromatic carbocycles. The third-order valence-electron chi connectivity index (χ3n) is 6.26. The smallest absolute Gasteiger partial charge is 0.168 e. The van der Waals surface area contributed by atoms with E-state index in [1.807, 2.05) is 49.8 Å². The van der Waals surface area contributed by atoms with Gasteiger partial charge in [-0.05, 0) is 62.6 Å². The van der Waals surface area contributed by atoms with E-state index < -0.39 is 0 Å². The first-order chi connectivity index (χ1) is 15.5. The van der Waals surface area contributed by atoms with Gasteiger partial charge in [-0.3, -0.25) is 19.4 Å². The number of ketones is 1. The molecule has 0 aliphatic carbocycles. The number of rotatable bonds is 5. The molecule has 0 atom stereocenters. The van der Waals surface area contributed by atoms with Gasteiger partial charge in [0.1, 0.15) is 5.69 Å². The van der Waals surface area contributed by atoms with Crippen molar-refractivity contribution >= 4 is 16.6 Å². The monoisotopic (exact) mass is 426 g/mol. The molecule has 0 unspecified atom stereocenters. The van der Waals surface area contributed by atoms with Gasteiger partial charge in [0.05, 0.1) is 12.6 Å². The zero-order chi connectivity index (χ0) is 22.1. The maximum atomic E-state index is 13.0. The summed E-state index contributed by atoms with van der Waals surface area (Å²) in [6.07, 6.45) is 7.92. The van der Waals surface area contributed by atoms with Crippen molar-refractivity contribution in [1.29, 1.82) is 0 Å². The van der Waals surface area contributed by atoms with Gasteiger partial charge in [0.2, 0.25) is 0 Å². The number of hydrogen-bond donors (Lipinski definition) is 0. The first-order valence-electron chi connectivity index (χ1n) is 11.0. The molecule has 1 aliphatic heterocycles. The van der Waals surface area contributed by atoms with Crippen LogP contribution in [0.2, 0.25) is 0 Å². The van der Waals surface area contributed by atoms with Crippen LogP contribution >= 0.6 is 0 Å². The topological polar surface area (TPSA) is 76.8 Å². The van der Waals surface area contributed by atoms with E-state index in [1.54, 1.807) is 10.9 Å². The van der Waals surface area contributed by atoms with Gasteiger partial charge in [0, 0.05) is 53.3 Å². The Morgan fingerprint density at radius 1 is 1.03 bits per heavy atom. The molecule has 0 saturated carbocycles. The quantitative estimate of drug-likeness (QED) is 0.453. The van der Waals surface area contributed by atoms with Crippen LogP contribution in [0.4, 0.5) is 0 Å². The van der Waals surface area contributed by atoms with Gasteiger partial charge in [0.25, 0.3) is 0 Å². The Morgan fingerprint density at radius 3 is 2.66 bits per heavy atom. The van der Waals surface area contributed by atoms with Crippen molar-refractivity contribution in [3.05, 3.63) is 71.9 Å². The van der Waals surface area contributed by atoms with Crippen molar-refractivity contribution < 1.29 is 4.79 Å². The van der Waals surface area contributed by atoms with Crippen molar-refractivity contribution in [3.63, 3.8) is 0 Å². The van der Waals surface area contributed by atoms with Crippen LogP contribution in [0.1, 0.15) is 40.5 Å². The first-order valence-corrected chi connectivity index (χ1v) is 11.0. The van der Waals surface area contributed by atoms with E-state index in [2.05, 4.69) is 38.3 Å². The molecule has 7 nitrogen and oxygen atoms in total. The lowest BCUT2D eigenvalue weighted by Gasteiger charge is -2.28. The van der Waals surface area contributed by atoms with Crippen molar-refractivity contribution in [2.45, 2.75) is 25.2 Å². The Bertz CT molecular complexity index is 1270. The summed E-state index contributed by atoms with van der Waals surface area (Å²) in [7, 11) is 4.00. The highest BCUT2D eigenvalue weighted by atomic mass is 16.1. The van der Waals surface area contributed by atoms with Crippen LogP contribution in [0, 0.1) is 0 Å². The fourth-order valence-corrected chi connectivity index (χ4v) is 4.34. The molecule has 32 heavy (non-hydrogen) atoms. The molecule has 5 rings (SSSR count). The number of Topliss-reactive ketones (excluding diaryl/α,β-unsaturated/α-hetero) is 1. The number of pyridine rings is 2. The molecule has 1 fully saturated rings. The van der Waals surface area contributed by atoms with Crippen LogP contribution in [0.5, 0.6) is 0 Å². The highest BCUT2D eigenvalue weighted by Gasteiger charge is 2.20. The molecule has 7 heteroatoms. The molecule has 0 radical (unpaired) electrons. The maximum Gasteiger partial charge on any atom is 0.168 e. The van der Waals surface area contributed by atoms with E-state index in [9.17, 15) is 4.79 Å². The number of hydrogen-bond acceptors (Lipinski definition) is 6. The lowest BCUT2D eigenvalue weighted by molar-refractivity contribution is 0.0991. The Kier molecular flexibility index (Phi) is 5.49. The number of fused-ring (bicyclic) bond motifs is 1. The number of carbonyl (C=O) groups is 1. The average Bonchev–Trinajstić information content (AvgIpc) is 3.25. The van der Waals surface area contributed by atoms with Crippen molar-refractivity contribution in [3.8, 4) is 11.3 Å². The van der Waals surface area contributed by atoms with Crippen molar-refractivity contribution in [2.24, 2.45) is 7.05 Å². The van der Waals surface area contributed by atoms with Crippen molar-refractivity contribution in [2.75, 3.05) is 20.1 Å². The summed E-state index contributed by atoms with van der Waals surface area (Å²) in [5.74, 6) is 0.496. The molecule has 1 aliphatic rings. The summed E-state index contributed by atoms with van der Waals surface area (Å²) in [5.41, 5.74) is 4.32. The second kappa shape index (κ2) is 8.59. The number of benzene rings is 1. The van der Waals surface area contributed by atoms with Crippen LogP contribution in [0.25, 0.3) is 22.0 Å². The number of nitrogens with zero attached hydrogens (tertiary/aromatic N) is 6. The second-order valence-corrected chi connectivity index (χ2v) is 8.66. The van der Waals surface area contributed by atoms with E-state index in [-0.39, 0.29) is 12.2 Å². The standard InChI is InChI=1S/C25H26N6O/c1-30-9-6-17(7-10-30)23-13-19(5-8-26-23)25(32)14-22-12-21-11-18(3-4-20(21)15-27-22)24-16-31(2)29-28-24/h3-5,8,11-13,15-17H,6-7,9-10,14H2,1-2H3. The Labute approximate surface area is 187 Å². The molecule has 162 valence electrons. The Hall–Kier alpha value is -3.45. The van der Waals surface area contributed by atoms with Gasteiger partial charge >= 0.3 is 0 Å². The fraction of sp³-hybridized carbons (Fsp3) is 0.320. The average molecular weight is 427 g/mol. The number of aryl methyl sites for hydroxylation is 1. The number of carbonyl (C=O) groups excluding carboxylic acids is 1. The zero-order valence-electron chi connectivity index (χ0n) is 18.4. The van der Waals surface area contributed by atoms with Gasteiger partial charge in [-0.25, -0.2) is 0 Å². The summed E-state index contributed by atoms with van der Waals surface area (Å²) in [6.45, 7) is 2.14. The molecule has 4 aromatic rings. The minimum absolute atomic E-state index is 0.0681. The predicted octanol–water partition coefficient (Wildman–Crippen LogP) is 3.66. The summed E-state index contributed by atoms with van der Waals surface area (Å²) in [6, 6.07) is 11.9. The lowest BCUT2D eigenvalue weighted by atomic mass is 9.92. The van der Waals surface area contributed by atoms with Gasteiger partial charge in [0.15, 0.2) is 5.78 Å². The Morgan fingerprint density at radius 2 is 1.88 bits per heavy atom. The molecule has 1 saturated heterocycles. The van der Waals surface area contributed by atoms with Gasteiger partial charge in [-0.15, -0.1) is 5.10 Å². The van der Waals surface area contributed by atoms with Crippen LogP contribution in [-0.2, 0) is 13.5 Å². The minimum atomic E-state index is 0.0681. The molecule has 0 bridgehead atoms. The SMILES string of the molecule is CN1CCC(c2cc(C(=O)Cc3cc4cc(-c5cn(C)nn5)ccc4cn3)ccn2)CC1. The molecule has 0 amide bonds. The molecule has 4 heterocycles.